The molecule has 164 valence electrons. The molecule has 0 rings (SSSR count). The van der Waals surface area contributed by atoms with Crippen molar-refractivity contribution in [2.45, 2.75) is 38.2 Å². The van der Waals surface area contributed by atoms with Gasteiger partial charge in [-0.05, 0) is 12.8 Å². The van der Waals surface area contributed by atoms with Crippen LogP contribution in [0.2, 0.25) is 0 Å². The number of rotatable bonds is 7. The Morgan fingerprint density at radius 2 is 0.923 bits per heavy atom. The standard InChI is InChI=1S/C8H18O3.3CH4O3S/c9-6-4-2-1-3-5-8(11)7-10;3*1-5(2,3)4/h8-11H,1-7H2;3*1H3,(H,2,3,4). The topological polar surface area (TPSA) is 224 Å². The summed E-state index contributed by atoms with van der Waals surface area (Å²) >= 11 is 0. The molecular weight excluding hydrogens is 420 g/mol. The van der Waals surface area contributed by atoms with Crippen LogP contribution in [-0.4, -0.2) is 92.3 Å². The van der Waals surface area contributed by atoms with Crippen LogP contribution in [0.5, 0.6) is 0 Å². The van der Waals surface area contributed by atoms with E-state index < -0.39 is 36.5 Å². The molecule has 0 aromatic heterocycles. The molecular formula is C11H30O12S3. The first-order chi connectivity index (χ1) is 11.3. The van der Waals surface area contributed by atoms with Crippen molar-refractivity contribution >= 4 is 30.4 Å². The molecule has 0 fully saturated rings. The van der Waals surface area contributed by atoms with Crippen molar-refractivity contribution in [2.75, 3.05) is 32.0 Å². The van der Waals surface area contributed by atoms with Crippen molar-refractivity contribution in [3.8, 4) is 0 Å². The molecule has 0 aliphatic heterocycles. The smallest absolute Gasteiger partial charge is 0.261 e. The Labute approximate surface area is 155 Å². The summed E-state index contributed by atoms with van der Waals surface area (Å²) in [5, 5.41) is 25.8. The molecule has 0 saturated heterocycles. The minimum atomic E-state index is -3.67. The Bertz CT molecular complexity index is 499. The van der Waals surface area contributed by atoms with Crippen molar-refractivity contribution in [1.82, 2.24) is 0 Å². The highest BCUT2D eigenvalue weighted by molar-refractivity contribution is 7.85. The number of aliphatic hydroxyl groups excluding tert-OH is 3. The maximum absolute atomic E-state index is 9.19. The van der Waals surface area contributed by atoms with E-state index in [9.17, 15) is 25.3 Å². The summed E-state index contributed by atoms with van der Waals surface area (Å²) in [6, 6.07) is 0. The van der Waals surface area contributed by atoms with Gasteiger partial charge >= 0.3 is 0 Å². The molecule has 0 bridgehead atoms. The molecule has 0 aliphatic carbocycles. The molecule has 12 nitrogen and oxygen atoms in total. The third-order valence-corrected chi connectivity index (χ3v) is 1.66. The molecule has 15 heteroatoms. The zero-order valence-corrected chi connectivity index (χ0v) is 17.3. The van der Waals surface area contributed by atoms with E-state index in [1.165, 1.54) is 0 Å². The van der Waals surface area contributed by atoms with Crippen LogP contribution in [0.1, 0.15) is 32.1 Å². The van der Waals surface area contributed by atoms with Gasteiger partial charge in [-0.25, -0.2) is 0 Å². The van der Waals surface area contributed by atoms with Gasteiger partial charge in [0.25, 0.3) is 30.4 Å². The minimum Gasteiger partial charge on any atom is -0.396 e. The second-order valence-corrected chi connectivity index (χ2v) is 9.36. The number of hydrogen-bond acceptors (Lipinski definition) is 9. The first kappa shape index (κ1) is 33.2. The lowest BCUT2D eigenvalue weighted by Gasteiger charge is -2.05. The molecule has 26 heavy (non-hydrogen) atoms. The Morgan fingerprint density at radius 3 is 1.15 bits per heavy atom. The summed E-state index contributed by atoms with van der Waals surface area (Å²) in [5.41, 5.74) is 0. The summed E-state index contributed by atoms with van der Waals surface area (Å²) in [7, 11) is -11.0. The Morgan fingerprint density at radius 1 is 0.654 bits per heavy atom. The average molecular weight is 451 g/mol. The van der Waals surface area contributed by atoms with Crippen molar-refractivity contribution in [3.63, 3.8) is 0 Å². The van der Waals surface area contributed by atoms with Gasteiger partial charge in [0.2, 0.25) is 0 Å². The van der Waals surface area contributed by atoms with Crippen LogP contribution < -0.4 is 0 Å². The summed E-state index contributed by atoms with van der Waals surface area (Å²) in [6.45, 7) is 0.114. The maximum Gasteiger partial charge on any atom is 0.261 e. The minimum absolute atomic E-state index is 0.139. The largest absolute Gasteiger partial charge is 0.396 e. The quantitative estimate of drug-likeness (QED) is 0.198. The fourth-order valence-electron chi connectivity index (χ4n) is 0.937. The van der Waals surface area contributed by atoms with E-state index in [1.807, 2.05) is 0 Å². The fraction of sp³-hybridized carbons (Fsp3) is 1.00. The van der Waals surface area contributed by atoms with Gasteiger partial charge in [-0.3, -0.25) is 13.7 Å². The molecule has 0 heterocycles. The van der Waals surface area contributed by atoms with Crippen LogP contribution in [-0.2, 0) is 30.4 Å². The van der Waals surface area contributed by atoms with E-state index in [0.717, 1.165) is 25.7 Å². The van der Waals surface area contributed by atoms with Crippen LogP contribution in [0.25, 0.3) is 0 Å². The monoisotopic (exact) mass is 450 g/mol. The van der Waals surface area contributed by atoms with Crippen LogP contribution >= 0.6 is 0 Å². The molecule has 0 saturated carbocycles. The Kier molecular flexibility index (Phi) is 23.0. The molecule has 0 radical (unpaired) electrons. The summed E-state index contributed by atoms with van der Waals surface area (Å²) in [5.74, 6) is 0. The van der Waals surface area contributed by atoms with Gasteiger partial charge in [-0.1, -0.05) is 19.3 Å². The Balaban J connectivity index is -0.000000136. The number of unbranched alkanes of at least 4 members (excludes halogenated alkanes) is 3. The molecule has 0 aromatic rings. The third kappa shape index (κ3) is 163. The molecule has 1 atom stereocenters. The SMILES string of the molecule is CS(=O)(=O)O.CS(=O)(=O)O.CS(=O)(=O)O.OCCCCCCC(O)CO. The van der Waals surface area contributed by atoms with Crippen molar-refractivity contribution in [1.29, 1.82) is 0 Å². The van der Waals surface area contributed by atoms with Gasteiger partial charge in [-0.15, -0.1) is 0 Å². The zero-order chi connectivity index (χ0) is 22.0. The Hall–Kier alpha value is -0.390. The maximum atomic E-state index is 9.19. The second kappa shape index (κ2) is 18.0. The first-order valence-electron chi connectivity index (χ1n) is 6.98. The second-order valence-electron chi connectivity index (χ2n) is 4.96. The van der Waals surface area contributed by atoms with E-state index in [2.05, 4.69) is 0 Å². The van der Waals surface area contributed by atoms with E-state index >= 15 is 0 Å². The van der Waals surface area contributed by atoms with E-state index in [-0.39, 0.29) is 13.2 Å². The van der Waals surface area contributed by atoms with Crippen molar-refractivity contribution in [3.05, 3.63) is 0 Å². The van der Waals surface area contributed by atoms with E-state index in [1.54, 1.807) is 0 Å². The molecule has 0 amide bonds. The summed E-state index contributed by atoms with van der Waals surface area (Å²) < 4.78 is 77.6. The van der Waals surface area contributed by atoms with Crippen LogP contribution in [0, 0.1) is 0 Å². The van der Waals surface area contributed by atoms with Crippen LogP contribution in [0.4, 0.5) is 0 Å². The molecule has 6 N–H and O–H groups in total. The number of hydrogen-bond donors (Lipinski definition) is 6. The lowest BCUT2D eigenvalue weighted by Crippen LogP contribution is -2.10. The van der Waals surface area contributed by atoms with Gasteiger partial charge in [0.15, 0.2) is 0 Å². The predicted octanol–water partition coefficient (Wildman–Crippen LogP) is -1.21. The van der Waals surface area contributed by atoms with Gasteiger partial charge in [0.1, 0.15) is 0 Å². The normalized spacial score (nSPS) is 12.3. The van der Waals surface area contributed by atoms with Gasteiger partial charge in [0, 0.05) is 6.61 Å². The molecule has 0 spiro atoms. The van der Waals surface area contributed by atoms with E-state index in [4.69, 9.17) is 29.0 Å². The summed E-state index contributed by atoms with van der Waals surface area (Å²) in [6.07, 6.45) is 6.07. The van der Waals surface area contributed by atoms with Gasteiger partial charge in [0.05, 0.1) is 31.5 Å². The van der Waals surface area contributed by atoms with Crippen molar-refractivity contribution < 1.29 is 54.2 Å². The molecule has 0 aliphatic rings. The van der Waals surface area contributed by atoms with Crippen LogP contribution in [0.3, 0.4) is 0 Å². The van der Waals surface area contributed by atoms with Crippen LogP contribution in [0.15, 0.2) is 0 Å². The fourth-order valence-corrected chi connectivity index (χ4v) is 0.937. The number of aliphatic hydroxyl groups is 3. The zero-order valence-electron chi connectivity index (χ0n) is 14.9. The molecule has 1 unspecified atom stereocenters. The van der Waals surface area contributed by atoms with Gasteiger partial charge < -0.3 is 15.3 Å². The summed E-state index contributed by atoms with van der Waals surface area (Å²) in [4.78, 5) is 0. The average Bonchev–Trinajstić information content (AvgIpc) is 2.32. The molecule has 0 aromatic carbocycles. The lowest BCUT2D eigenvalue weighted by molar-refractivity contribution is 0.0859. The highest BCUT2D eigenvalue weighted by Gasteiger charge is 1.99. The highest BCUT2D eigenvalue weighted by Crippen LogP contribution is 2.04. The predicted molar refractivity (Wildman–Crippen MR) is 95.7 cm³/mol. The third-order valence-electron chi connectivity index (χ3n) is 1.66. The van der Waals surface area contributed by atoms with Crippen molar-refractivity contribution in [2.24, 2.45) is 0 Å². The lowest BCUT2D eigenvalue weighted by atomic mass is 10.1. The first-order valence-corrected chi connectivity index (χ1v) is 12.5. The highest BCUT2D eigenvalue weighted by atomic mass is 32.2. The van der Waals surface area contributed by atoms with Gasteiger partial charge in [-0.2, -0.15) is 25.3 Å². The van der Waals surface area contributed by atoms with E-state index in [0.29, 0.717) is 25.2 Å².